The molecule has 0 bridgehead atoms. The monoisotopic (exact) mass is 343 g/mol. The van der Waals surface area contributed by atoms with Gasteiger partial charge in [0.2, 0.25) is 0 Å². The fraction of sp³-hybridized carbons (Fsp3) is 0.167. The van der Waals surface area contributed by atoms with Crippen LogP contribution in [0.4, 0.5) is 5.82 Å². The van der Waals surface area contributed by atoms with E-state index in [2.05, 4.69) is 25.7 Å². The molecule has 2 aromatic rings. The Kier molecular flexibility index (Phi) is 3.82. The Bertz CT molecular complexity index is 655. The summed E-state index contributed by atoms with van der Waals surface area (Å²) in [5.74, 6) is 0.174. The van der Waals surface area contributed by atoms with Gasteiger partial charge < -0.3 is 10.5 Å². The number of anilines is 1. The summed E-state index contributed by atoms with van der Waals surface area (Å²) in [5, 5.41) is 0.506. The second-order valence-corrected chi connectivity index (χ2v) is 5.14. The first-order valence-electron chi connectivity index (χ1n) is 5.34. The van der Waals surface area contributed by atoms with Crippen LogP contribution in [0.15, 0.2) is 22.7 Å². The summed E-state index contributed by atoms with van der Waals surface area (Å²) in [6, 6.07) is 5.35. The van der Waals surface area contributed by atoms with Gasteiger partial charge in [-0.25, -0.2) is 9.78 Å². The van der Waals surface area contributed by atoms with Crippen LogP contribution in [0.25, 0.3) is 5.69 Å². The van der Waals surface area contributed by atoms with Crippen LogP contribution >= 0.6 is 27.5 Å². The molecule has 100 valence electrons. The predicted octanol–water partition coefficient (Wildman–Crippen LogP) is 2.97. The summed E-state index contributed by atoms with van der Waals surface area (Å²) >= 11 is 9.52. The van der Waals surface area contributed by atoms with Gasteiger partial charge in [-0.1, -0.05) is 27.5 Å². The Balaban J connectivity index is 2.66. The number of aromatic nitrogens is 2. The van der Waals surface area contributed by atoms with Crippen molar-refractivity contribution in [1.29, 1.82) is 0 Å². The lowest BCUT2D eigenvalue weighted by atomic mass is 10.3. The largest absolute Gasteiger partial charge is 0.464 e. The van der Waals surface area contributed by atoms with Crippen LogP contribution in [-0.2, 0) is 4.74 Å². The molecule has 5 nitrogen and oxygen atoms in total. The van der Waals surface area contributed by atoms with Crippen molar-refractivity contribution in [2.75, 3.05) is 12.8 Å². The summed E-state index contributed by atoms with van der Waals surface area (Å²) in [6.07, 6.45) is 0. The van der Waals surface area contributed by atoms with Gasteiger partial charge in [0, 0.05) is 4.47 Å². The maximum absolute atomic E-state index is 11.6. The van der Waals surface area contributed by atoms with Crippen molar-refractivity contribution in [3.63, 3.8) is 0 Å². The molecule has 2 N–H and O–H groups in total. The molecule has 19 heavy (non-hydrogen) atoms. The number of aryl methyl sites for hydroxylation is 1. The van der Waals surface area contributed by atoms with Crippen LogP contribution in [0.3, 0.4) is 0 Å². The molecule has 0 aliphatic heterocycles. The second kappa shape index (κ2) is 5.22. The third-order valence-electron chi connectivity index (χ3n) is 2.61. The Morgan fingerprint density at radius 2 is 2.21 bits per heavy atom. The average molecular weight is 345 g/mol. The molecule has 0 fully saturated rings. The number of rotatable bonds is 2. The van der Waals surface area contributed by atoms with E-state index in [-0.39, 0.29) is 11.5 Å². The van der Waals surface area contributed by atoms with Gasteiger partial charge in [-0.3, -0.25) is 4.57 Å². The summed E-state index contributed by atoms with van der Waals surface area (Å²) in [7, 11) is 1.28. The lowest BCUT2D eigenvalue weighted by Crippen LogP contribution is -2.08. The fourth-order valence-electron chi connectivity index (χ4n) is 1.76. The van der Waals surface area contributed by atoms with E-state index in [9.17, 15) is 4.79 Å². The van der Waals surface area contributed by atoms with E-state index in [4.69, 9.17) is 17.3 Å². The molecule has 1 aromatic heterocycles. The van der Waals surface area contributed by atoms with Gasteiger partial charge in [0.05, 0.1) is 17.8 Å². The Morgan fingerprint density at radius 3 is 2.84 bits per heavy atom. The van der Waals surface area contributed by atoms with Gasteiger partial charge >= 0.3 is 5.97 Å². The SMILES string of the molecule is COC(=O)c1nc(C)n(-c2cc(Br)ccc2Cl)c1N. The van der Waals surface area contributed by atoms with Crippen molar-refractivity contribution in [3.05, 3.63) is 39.2 Å². The Morgan fingerprint density at radius 1 is 1.53 bits per heavy atom. The zero-order valence-electron chi connectivity index (χ0n) is 10.3. The van der Waals surface area contributed by atoms with Gasteiger partial charge in [-0.05, 0) is 25.1 Å². The normalized spacial score (nSPS) is 10.5. The van der Waals surface area contributed by atoms with Crippen molar-refractivity contribution in [2.24, 2.45) is 0 Å². The number of carbonyl (C=O) groups excluding carboxylic acids is 1. The standard InChI is InChI=1S/C12H11BrClN3O2/c1-6-16-10(12(18)19-2)11(15)17(6)9-5-7(13)3-4-8(9)14/h3-5H,15H2,1-2H3. The molecule has 2 rings (SSSR count). The van der Waals surface area contributed by atoms with Crippen LogP contribution in [0.2, 0.25) is 5.02 Å². The van der Waals surface area contributed by atoms with E-state index in [1.165, 1.54) is 7.11 Å². The van der Waals surface area contributed by atoms with Gasteiger partial charge in [-0.2, -0.15) is 0 Å². The highest BCUT2D eigenvalue weighted by atomic mass is 79.9. The molecule has 1 aromatic carbocycles. The van der Waals surface area contributed by atoms with E-state index < -0.39 is 5.97 Å². The van der Waals surface area contributed by atoms with Crippen LogP contribution in [0, 0.1) is 6.92 Å². The number of hydrogen-bond acceptors (Lipinski definition) is 4. The molecule has 0 amide bonds. The lowest BCUT2D eigenvalue weighted by Gasteiger charge is -2.10. The molecule has 0 saturated heterocycles. The van der Waals surface area contributed by atoms with Crippen LogP contribution < -0.4 is 5.73 Å². The highest BCUT2D eigenvalue weighted by Crippen LogP contribution is 2.29. The number of carbonyl (C=O) groups is 1. The fourth-order valence-corrected chi connectivity index (χ4v) is 2.31. The third kappa shape index (κ3) is 2.46. The van der Waals surface area contributed by atoms with Crippen LogP contribution in [-0.4, -0.2) is 22.6 Å². The summed E-state index contributed by atoms with van der Waals surface area (Å²) < 4.78 is 7.10. The number of ether oxygens (including phenoxy) is 1. The predicted molar refractivity (Wildman–Crippen MR) is 76.8 cm³/mol. The van der Waals surface area contributed by atoms with Gasteiger partial charge in [-0.15, -0.1) is 0 Å². The van der Waals surface area contributed by atoms with Crippen LogP contribution in [0.5, 0.6) is 0 Å². The minimum absolute atomic E-state index is 0.0797. The minimum atomic E-state index is -0.578. The highest BCUT2D eigenvalue weighted by Gasteiger charge is 2.21. The Hall–Kier alpha value is -1.53. The van der Waals surface area contributed by atoms with Crippen molar-refractivity contribution >= 4 is 39.3 Å². The number of benzene rings is 1. The molecule has 0 aliphatic carbocycles. The van der Waals surface area contributed by atoms with Crippen molar-refractivity contribution in [1.82, 2.24) is 9.55 Å². The minimum Gasteiger partial charge on any atom is -0.464 e. The maximum atomic E-state index is 11.6. The molecule has 0 saturated carbocycles. The van der Waals surface area contributed by atoms with E-state index in [0.717, 1.165) is 4.47 Å². The molecule has 7 heteroatoms. The molecule has 0 aliphatic rings. The molecular weight excluding hydrogens is 334 g/mol. The molecule has 0 unspecified atom stereocenters. The smallest absolute Gasteiger partial charge is 0.360 e. The molecule has 0 radical (unpaired) electrons. The number of nitrogens with two attached hydrogens (primary N) is 1. The zero-order valence-corrected chi connectivity index (χ0v) is 12.6. The van der Waals surface area contributed by atoms with Crippen LogP contribution in [0.1, 0.15) is 16.3 Å². The highest BCUT2D eigenvalue weighted by molar-refractivity contribution is 9.10. The quantitative estimate of drug-likeness (QED) is 0.850. The number of hydrogen-bond donors (Lipinski definition) is 1. The molecule has 0 spiro atoms. The van der Waals surface area contributed by atoms with E-state index >= 15 is 0 Å². The van der Waals surface area contributed by atoms with Crippen molar-refractivity contribution in [2.45, 2.75) is 6.92 Å². The lowest BCUT2D eigenvalue weighted by molar-refractivity contribution is 0.0596. The van der Waals surface area contributed by atoms with E-state index in [1.54, 1.807) is 23.6 Å². The number of imidazole rings is 1. The molecule has 1 heterocycles. The summed E-state index contributed by atoms with van der Waals surface area (Å²) in [6.45, 7) is 1.74. The van der Waals surface area contributed by atoms with Crippen molar-refractivity contribution in [3.8, 4) is 5.69 Å². The van der Waals surface area contributed by atoms with E-state index in [0.29, 0.717) is 16.5 Å². The van der Waals surface area contributed by atoms with Crippen molar-refractivity contribution < 1.29 is 9.53 Å². The van der Waals surface area contributed by atoms with Gasteiger partial charge in [0.1, 0.15) is 11.6 Å². The Labute approximate surface area is 123 Å². The van der Waals surface area contributed by atoms with E-state index in [1.807, 2.05) is 6.07 Å². The maximum Gasteiger partial charge on any atom is 0.360 e. The number of esters is 1. The van der Waals surface area contributed by atoms with Gasteiger partial charge in [0.25, 0.3) is 0 Å². The first kappa shape index (κ1) is 13.9. The first-order valence-corrected chi connectivity index (χ1v) is 6.51. The second-order valence-electron chi connectivity index (χ2n) is 3.82. The number of methoxy groups -OCH3 is 1. The zero-order chi connectivity index (χ0) is 14.2. The average Bonchev–Trinajstić information content (AvgIpc) is 2.67. The molecular formula is C12H11BrClN3O2. The third-order valence-corrected chi connectivity index (χ3v) is 3.42. The number of nitrogen functional groups attached to an aromatic ring is 1. The summed E-state index contributed by atoms with van der Waals surface area (Å²) in [4.78, 5) is 15.7. The number of halogens is 2. The van der Waals surface area contributed by atoms with Gasteiger partial charge in [0.15, 0.2) is 5.69 Å². The number of nitrogens with zero attached hydrogens (tertiary/aromatic N) is 2. The summed E-state index contributed by atoms with van der Waals surface area (Å²) in [5.41, 5.74) is 6.68. The topological polar surface area (TPSA) is 70.1 Å². The first-order chi connectivity index (χ1) is 8.95. The molecule has 0 atom stereocenters.